The van der Waals surface area contributed by atoms with E-state index in [2.05, 4.69) is 33.6 Å². The Morgan fingerprint density at radius 3 is 1.00 bits per heavy atom. The number of carboxylic acids is 1. The third-order valence-electron chi connectivity index (χ3n) is 5.11. The molecule has 465 valence electrons. The van der Waals surface area contributed by atoms with Gasteiger partial charge in [0.05, 0.1) is 6.61 Å². The van der Waals surface area contributed by atoms with Crippen LogP contribution in [0.15, 0.2) is 0 Å². The number of Topliss-reactive ketones (excluding diaryl/α,β-unsaturated/α-hetero) is 1. The number of esters is 1. The number of aliphatic hydroxyl groups is 1. The summed E-state index contributed by atoms with van der Waals surface area (Å²) in [6, 6.07) is 0. The fourth-order valence-corrected chi connectivity index (χ4v) is 2.56. The number of rotatable bonds is 20. The first-order valence-electron chi connectivity index (χ1n) is 18.8. The molecule has 0 aliphatic heterocycles. The molecule has 0 atom stereocenters. The van der Waals surface area contributed by atoms with Crippen molar-refractivity contribution in [3.8, 4) is 0 Å². The molecule has 39 heteroatoms. The Hall–Kier alpha value is 7.58. The van der Waals surface area contributed by atoms with E-state index >= 15 is 0 Å². The number of amides is 3. The maximum Gasteiger partial charge on any atom is 4.00 e. The minimum Gasteiger partial charge on any atom is -0.693 e. The second kappa shape index (κ2) is 144. The Balaban J connectivity index is -0.0000000223. The molecule has 3 amide bonds. The maximum absolute atomic E-state index is 10.6. The molecule has 22 nitrogen and oxygen atoms in total. The number of carbonyl (C=O) groups is 6. The average molecular weight is 2190 g/mol. The van der Waals surface area contributed by atoms with Crippen LogP contribution in [-0.4, -0.2) is 148 Å². The van der Waals surface area contributed by atoms with E-state index in [0.29, 0.717) is 38.7 Å². The van der Waals surface area contributed by atoms with Gasteiger partial charge in [-0.3, -0.25) is 44.4 Å². The fraction of sp³-hybridized carbons (Fsp3) is 0.686. The summed E-state index contributed by atoms with van der Waals surface area (Å²) in [5.74, 6) is 1.60. The minimum atomic E-state index is -3.06. The van der Waals surface area contributed by atoms with Gasteiger partial charge >= 0.3 is 269 Å². The number of ether oxygens (including phenoxy) is 1. The zero-order valence-corrected chi connectivity index (χ0v) is 71.4. The predicted octanol–water partition coefficient (Wildman–Crippen LogP) is 5.84. The number of halogens is 10. The smallest absolute Gasteiger partial charge is 0.693 e. The van der Waals surface area contributed by atoms with Gasteiger partial charge in [0.15, 0.2) is 5.78 Å². The summed E-state index contributed by atoms with van der Waals surface area (Å²) in [5.41, 5.74) is 4.69. The van der Waals surface area contributed by atoms with Crippen molar-refractivity contribution < 1.29 is 209 Å². The van der Waals surface area contributed by atoms with Crippen molar-refractivity contribution >= 4 is 183 Å². The number of carbonyl (C=O) groups excluding carboxylic acids is 5. The van der Waals surface area contributed by atoms with E-state index in [1.54, 1.807) is 16.4 Å². The van der Waals surface area contributed by atoms with Crippen molar-refractivity contribution in [1.29, 1.82) is 0 Å². The van der Waals surface area contributed by atoms with Crippen LogP contribution in [0.1, 0.15) is 143 Å². The third-order valence-corrected chi connectivity index (χ3v) is 5.11. The van der Waals surface area contributed by atoms with Crippen LogP contribution in [0.25, 0.3) is 12.3 Å². The van der Waals surface area contributed by atoms with Crippen LogP contribution >= 0.6 is 84.8 Å². The molecule has 0 bridgehead atoms. The molecule has 0 saturated heterocycles. The van der Waals surface area contributed by atoms with Gasteiger partial charge in [-0.25, -0.2) is 22.3 Å². The van der Waals surface area contributed by atoms with Gasteiger partial charge in [-0.15, -0.1) is 0 Å². The van der Waals surface area contributed by atoms with Gasteiger partial charge in [0.1, 0.15) is 6.61 Å². The molecular weight excluding hydrogens is 2100 g/mol. The molecule has 0 aromatic rings. The number of hydrogen-bond acceptors (Lipinski definition) is 15. The predicted molar refractivity (Wildman–Crippen MR) is 290 cm³/mol. The monoisotopic (exact) mass is 2180 g/mol. The normalized spacial score (nSPS) is 7.89. The molecule has 0 aromatic heterocycles. The van der Waals surface area contributed by atoms with Crippen LogP contribution in [0.3, 0.4) is 0 Å². The van der Waals surface area contributed by atoms with Crippen molar-refractivity contribution in [2.24, 2.45) is 5.90 Å². The Morgan fingerprint density at radius 1 is 0.649 bits per heavy atom. The van der Waals surface area contributed by atoms with E-state index in [9.17, 15) is 24.0 Å². The molecule has 0 heterocycles. The first kappa shape index (κ1) is 144. The van der Waals surface area contributed by atoms with Gasteiger partial charge in [-0.2, -0.15) is 19.3 Å². The second-order valence-corrected chi connectivity index (χ2v) is 43.0. The quantitative estimate of drug-likeness (QED) is 0.0130. The van der Waals surface area contributed by atoms with Gasteiger partial charge in [0, 0.05) is 39.0 Å². The number of hydrogen-bond donors (Lipinski definition) is 12. The van der Waals surface area contributed by atoms with E-state index in [4.69, 9.17) is 125 Å². The summed E-state index contributed by atoms with van der Waals surface area (Å²) in [6.45, 7) is 18.0. The topological polar surface area (TPSA) is 464 Å². The number of carboxylic acid groups (broad SMARTS) is 1. The third kappa shape index (κ3) is 284. The summed E-state index contributed by atoms with van der Waals surface area (Å²) >= 11 is -2.88. The fourth-order valence-electron chi connectivity index (χ4n) is 2.56. The first-order valence-corrected chi connectivity index (χ1v) is 60.1. The molecule has 0 spiro atoms. The molecular formula is C35H87Cl9IK3N8O14Pt4-. The first-order chi connectivity index (χ1) is 29.9. The van der Waals surface area contributed by atoms with Crippen LogP contribution in [0, 0.1) is 35.6 Å². The Bertz CT molecular complexity index is 919. The molecule has 0 aliphatic carbocycles. The van der Waals surface area contributed by atoms with Crippen molar-refractivity contribution in [3.05, 3.63) is 47.9 Å². The number of ketones is 1. The average Bonchev–Trinajstić information content (AvgIpc) is 3.23. The number of aliphatic hydroxyl groups excluding tert-OH is 1. The van der Waals surface area contributed by atoms with Crippen LogP contribution < -0.4 is 110 Å². The number of hydroxylamine groups is 3. The second-order valence-electron chi connectivity index (χ2n) is 10.2. The molecule has 0 aromatic carbocycles. The van der Waals surface area contributed by atoms with E-state index in [1.807, 2.05) is 13.8 Å². The number of unbranched alkanes of at least 4 members (excludes halogenated alkanes) is 8. The molecule has 0 saturated carbocycles. The summed E-state index contributed by atoms with van der Waals surface area (Å²) in [5, 5.41) is 46.2. The van der Waals surface area contributed by atoms with Gasteiger partial charge in [-0.05, 0) is 39.0 Å². The Morgan fingerprint density at radius 2 is 0.851 bits per heavy atom. The SMILES string of the molecule is CC(=O)O.CCCCC(=O)CO.CCCCC(=O)OCC.N.N.NO.O.[CH2-]CCCCC(=O)NO.[CH2-]CCCCC(=O)NO.[CH2-]CCCCC(=O)NO.[CH3-].[CH3-].[Cl][Pt+2][Cl].[Cl][Pt]([Cl])([Cl])[Cl].[Cl][Pt]([Cl])[Cl].[I-].[K+].[K][K].[NH2-].[NH2-].[Pt+4]. The molecule has 23 N–H and O–H groups in total. The number of nitrogens with two attached hydrogens (primary N) is 3. The molecule has 0 radical (unpaired) electrons. The van der Waals surface area contributed by atoms with E-state index in [0.717, 1.165) is 90.4 Å². The Labute approximate surface area is 618 Å². The minimum absolute atomic E-state index is 0. The van der Waals surface area contributed by atoms with Crippen molar-refractivity contribution in [1.82, 2.24) is 28.7 Å². The zero-order chi connectivity index (χ0) is 53.2. The van der Waals surface area contributed by atoms with E-state index < -0.39 is 48.5 Å². The number of nitrogens with one attached hydrogen (secondary N) is 3. The zero-order valence-electron chi connectivity index (χ0n) is 44.0. The largest absolute Gasteiger partial charge is 4.00 e. The van der Waals surface area contributed by atoms with E-state index in [1.165, 1.54) is 63.2 Å². The van der Waals surface area contributed by atoms with Gasteiger partial charge in [0.25, 0.3) is 5.97 Å². The molecule has 0 fully saturated rings. The van der Waals surface area contributed by atoms with Crippen LogP contribution in [0.2, 0.25) is 0 Å². The Kier molecular flexibility index (Phi) is 280. The van der Waals surface area contributed by atoms with Crippen LogP contribution in [0.4, 0.5) is 0 Å². The van der Waals surface area contributed by atoms with Crippen LogP contribution in [-0.2, 0) is 97.1 Å². The van der Waals surface area contributed by atoms with Crippen LogP contribution in [0.5, 0.6) is 0 Å². The van der Waals surface area contributed by atoms with Gasteiger partial charge in [-0.1, -0.05) is 46.0 Å². The maximum atomic E-state index is 10.6. The molecule has 0 aliphatic rings. The van der Waals surface area contributed by atoms with Crippen molar-refractivity contribution in [2.45, 2.75) is 143 Å². The van der Waals surface area contributed by atoms with Crippen molar-refractivity contribution in [3.63, 3.8) is 0 Å². The summed E-state index contributed by atoms with van der Waals surface area (Å²) in [4.78, 5) is 60.8. The molecule has 0 unspecified atom stereocenters. The standard InChI is InChI=1S/C7H14O2.3C6H12NO2.C6H12O2.C2H4O2.2CH3.9ClH.HI.3K.H3NO.2H3N.2H2N.H2O.4Pt/c1-3-5-6-7(8)9-4-2;3*1-2-3-4-5-6(8)7-9;1-2-3-4-6(8)5-7;1-2(3)4;;;;;;;;;;;;;;;;1-2;;;;;;;;;/h3-6H2,1-2H3;3*9H,1-5H2,(H,7,8);7H,2-5H2,1H3;1H3,(H,3,4);2*1H3;10*1H;;;;2H,1H2;2*1H3;3*1H2;;;;/q;3*-1;;;2*-1;;;;;;;;;;;;;+1;;;;2*-1;;+3;3*+4/p-10. The summed E-state index contributed by atoms with van der Waals surface area (Å²) in [6.07, 6.45) is 14.0. The summed E-state index contributed by atoms with van der Waals surface area (Å²) in [7, 11) is 44.7. The number of aliphatic carboxylic acids is 1. The van der Waals surface area contributed by atoms with E-state index in [-0.39, 0.29) is 177 Å². The van der Waals surface area contributed by atoms with Crippen molar-refractivity contribution in [2.75, 3.05) is 13.2 Å². The summed E-state index contributed by atoms with van der Waals surface area (Å²) < 4.78 is 4.70. The molecule has 74 heavy (non-hydrogen) atoms. The van der Waals surface area contributed by atoms with Gasteiger partial charge < -0.3 is 110 Å². The van der Waals surface area contributed by atoms with Gasteiger partial charge in [0.2, 0.25) is 17.7 Å². The molecule has 0 rings (SSSR count).